The molecule has 0 aromatic carbocycles. The van der Waals surface area contributed by atoms with Crippen LogP contribution in [0.4, 0.5) is 32.2 Å². The Morgan fingerprint density at radius 1 is 1.00 bits per heavy atom. The van der Waals surface area contributed by atoms with Gasteiger partial charge in [-0.1, -0.05) is 13.0 Å². The summed E-state index contributed by atoms with van der Waals surface area (Å²) in [6.45, 7) is 2.99. The van der Waals surface area contributed by atoms with Crippen LogP contribution in [0.5, 0.6) is 0 Å². The number of alkyl halides is 6. The molecule has 19 heteroatoms. The Balaban J connectivity index is 1.23. The van der Waals surface area contributed by atoms with Gasteiger partial charge >= 0.3 is 12.4 Å². The van der Waals surface area contributed by atoms with Crippen molar-refractivity contribution < 1.29 is 40.7 Å². The fourth-order valence-corrected chi connectivity index (χ4v) is 7.00. The minimum atomic E-state index is -4.59. The Bertz CT molecular complexity index is 2040. The third-order valence-electron chi connectivity index (χ3n) is 9.56. The number of carbonyl (C=O) groups is 3. The minimum absolute atomic E-state index is 0.0588. The fourth-order valence-electron chi connectivity index (χ4n) is 6.69. The van der Waals surface area contributed by atoms with E-state index in [1.165, 1.54) is 34.8 Å². The van der Waals surface area contributed by atoms with Crippen LogP contribution in [0.3, 0.4) is 0 Å². The number of ketones is 1. The normalized spacial score (nSPS) is 19.9. The van der Waals surface area contributed by atoms with Gasteiger partial charge in [0.1, 0.15) is 34.5 Å². The SMILES string of the molecule is CC(=O)c1nn(CC(=O)N2[C@H](C(=O)Nc3nc(Br)ccc3CN(CCC(F)(F)F)CCC(F)(F)F)C[C@@]3(C)C[C@@H]23)c2cnc(-c3cnc(C)nc3)cc12. The number of aromatic nitrogens is 6. The highest BCUT2D eigenvalue weighted by Crippen LogP contribution is 2.59. The number of Topliss-reactive ketones (excluding diaryl/α,β-unsaturated/α-hetero) is 1. The number of aryl methyl sites for hydroxylation is 1. The summed E-state index contributed by atoms with van der Waals surface area (Å²) in [4.78, 5) is 60.2. The molecule has 0 radical (unpaired) electrons. The van der Waals surface area contributed by atoms with Crippen LogP contribution >= 0.6 is 15.9 Å². The first-order chi connectivity index (χ1) is 24.8. The number of pyridine rings is 2. The highest BCUT2D eigenvalue weighted by Gasteiger charge is 2.64. The van der Waals surface area contributed by atoms with E-state index in [1.54, 1.807) is 25.4 Å². The molecule has 0 bridgehead atoms. The maximum atomic E-state index is 14.0. The van der Waals surface area contributed by atoms with Crippen molar-refractivity contribution in [3.63, 3.8) is 0 Å². The van der Waals surface area contributed by atoms with Gasteiger partial charge in [-0.05, 0) is 53.2 Å². The molecule has 1 aliphatic carbocycles. The number of anilines is 1. The zero-order chi connectivity index (χ0) is 38.5. The highest BCUT2D eigenvalue weighted by atomic mass is 79.9. The zero-order valence-corrected chi connectivity index (χ0v) is 30.3. The molecule has 2 fully saturated rings. The van der Waals surface area contributed by atoms with Gasteiger partial charge in [-0.15, -0.1) is 0 Å². The van der Waals surface area contributed by atoms with Gasteiger partial charge in [0.05, 0.1) is 30.2 Å². The number of hydrogen-bond acceptors (Lipinski definition) is 9. The van der Waals surface area contributed by atoms with Crippen LogP contribution in [0.2, 0.25) is 0 Å². The average molecular weight is 811 g/mol. The van der Waals surface area contributed by atoms with Crippen LogP contribution < -0.4 is 5.32 Å². The number of fused-ring (bicyclic) bond motifs is 2. The molecule has 53 heavy (non-hydrogen) atoms. The van der Waals surface area contributed by atoms with Crippen LogP contribution in [0.1, 0.15) is 61.4 Å². The lowest BCUT2D eigenvalue weighted by Gasteiger charge is -2.28. The van der Waals surface area contributed by atoms with Gasteiger partial charge in [0, 0.05) is 61.5 Å². The van der Waals surface area contributed by atoms with Crippen molar-refractivity contribution in [3.05, 3.63) is 58.5 Å². The van der Waals surface area contributed by atoms with Crippen molar-refractivity contribution in [3.8, 4) is 11.3 Å². The summed E-state index contributed by atoms with van der Waals surface area (Å²) in [7, 11) is 0. The smallest absolute Gasteiger partial charge is 0.325 e. The summed E-state index contributed by atoms with van der Waals surface area (Å²) in [6, 6.07) is 3.37. The Kier molecular flexibility index (Phi) is 10.4. The molecular formula is C34H34BrF6N9O3. The van der Waals surface area contributed by atoms with E-state index in [4.69, 9.17) is 0 Å². The van der Waals surface area contributed by atoms with Crippen molar-refractivity contribution in [2.75, 3.05) is 18.4 Å². The van der Waals surface area contributed by atoms with Crippen LogP contribution in [0.25, 0.3) is 22.2 Å². The molecule has 0 unspecified atom stereocenters. The fraction of sp³-hybridized carbons (Fsp3) is 0.471. The van der Waals surface area contributed by atoms with Crippen molar-refractivity contribution >= 4 is 50.2 Å². The van der Waals surface area contributed by atoms with E-state index in [1.807, 2.05) is 6.92 Å². The van der Waals surface area contributed by atoms with Gasteiger partial charge in [0.15, 0.2) is 5.78 Å². The number of amides is 2. The largest absolute Gasteiger partial charge is 0.390 e. The van der Waals surface area contributed by atoms with Gasteiger partial charge in [-0.3, -0.25) is 28.9 Å². The molecule has 2 aliphatic rings. The summed E-state index contributed by atoms with van der Waals surface area (Å²) < 4.78 is 79.8. The van der Waals surface area contributed by atoms with Crippen molar-refractivity contribution in [2.45, 2.75) is 84.0 Å². The van der Waals surface area contributed by atoms with Crippen LogP contribution in [0, 0.1) is 12.3 Å². The lowest BCUT2D eigenvalue weighted by Crippen LogP contribution is -2.47. The molecule has 1 saturated heterocycles. The summed E-state index contributed by atoms with van der Waals surface area (Å²) >= 11 is 3.22. The molecule has 6 rings (SSSR count). The summed E-state index contributed by atoms with van der Waals surface area (Å²) in [5, 5.41) is 7.60. The van der Waals surface area contributed by atoms with Gasteiger partial charge in [-0.25, -0.2) is 15.0 Å². The van der Waals surface area contributed by atoms with Crippen LogP contribution in [0.15, 0.2) is 41.4 Å². The average Bonchev–Trinajstić information content (AvgIpc) is 3.43. The zero-order valence-electron chi connectivity index (χ0n) is 28.7. The van der Waals surface area contributed by atoms with E-state index < -0.39 is 56.1 Å². The summed E-state index contributed by atoms with van der Waals surface area (Å²) in [6.07, 6.45) is -6.16. The third-order valence-corrected chi connectivity index (χ3v) is 10.0. The first-order valence-electron chi connectivity index (χ1n) is 16.6. The number of rotatable bonds is 12. The van der Waals surface area contributed by atoms with Gasteiger partial charge in [0.2, 0.25) is 11.8 Å². The summed E-state index contributed by atoms with van der Waals surface area (Å²) in [5.74, 6) is -0.876. The number of piperidine rings is 1. The Morgan fingerprint density at radius 2 is 1.66 bits per heavy atom. The van der Waals surface area contributed by atoms with E-state index >= 15 is 0 Å². The second kappa shape index (κ2) is 14.4. The predicted molar refractivity (Wildman–Crippen MR) is 182 cm³/mol. The molecule has 1 saturated carbocycles. The first kappa shape index (κ1) is 38.2. The van der Waals surface area contributed by atoms with Gasteiger partial charge in [-0.2, -0.15) is 31.4 Å². The third kappa shape index (κ3) is 8.83. The molecule has 4 aromatic heterocycles. The molecule has 12 nitrogen and oxygen atoms in total. The van der Waals surface area contributed by atoms with E-state index in [0.29, 0.717) is 40.8 Å². The standard InChI is InChI=1S/C34H34BrF6N9O3/c1-18(51)29-22-10-23(21-13-42-19(2)43-14-21)44-15-25(22)49(47-29)17-28(52)50-24(11-32(3)12-26(32)50)31(53)46-30-20(4-5-27(35)45-30)16-48(8-6-33(36,37)38)9-7-34(39,40)41/h4-5,10,13-15,24,26H,6-9,11-12,16-17H2,1-3H3,(H,45,46,53)/t24-,26+,32-/m0/s1. The Morgan fingerprint density at radius 3 is 2.28 bits per heavy atom. The van der Waals surface area contributed by atoms with E-state index in [9.17, 15) is 40.7 Å². The molecule has 1 aliphatic heterocycles. The molecule has 5 heterocycles. The highest BCUT2D eigenvalue weighted by molar-refractivity contribution is 9.10. The lowest BCUT2D eigenvalue weighted by molar-refractivity contribution is -0.146. The van der Waals surface area contributed by atoms with Crippen molar-refractivity contribution in [1.82, 2.24) is 39.5 Å². The number of hydrogen-bond donors (Lipinski definition) is 1. The maximum absolute atomic E-state index is 14.0. The van der Waals surface area contributed by atoms with E-state index in [-0.39, 0.29) is 52.0 Å². The second-order valence-electron chi connectivity index (χ2n) is 13.7. The number of carbonyl (C=O) groups excluding carboxylic acids is 3. The van der Waals surface area contributed by atoms with Gasteiger partial charge in [0.25, 0.3) is 0 Å². The van der Waals surface area contributed by atoms with E-state index in [0.717, 1.165) is 4.90 Å². The molecular weight excluding hydrogens is 776 g/mol. The molecule has 4 aromatic rings. The molecule has 282 valence electrons. The molecule has 0 spiro atoms. The minimum Gasteiger partial charge on any atom is -0.325 e. The van der Waals surface area contributed by atoms with E-state index in [2.05, 4.69) is 46.3 Å². The predicted octanol–water partition coefficient (Wildman–Crippen LogP) is 6.28. The molecule has 2 amide bonds. The number of nitrogens with one attached hydrogen (secondary N) is 1. The van der Waals surface area contributed by atoms with Crippen molar-refractivity contribution in [2.24, 2.45) is 5.41 Å². The number of nitrogens with zero attached hydrogens (tertiary/aromatic N) is 8. The van der Waals surface area contributed by atoms with Crippen LogP contribution in [-0.4, -0.2) is 94.6 Å². The number of likely N-dealkylation sites (tertiary alicyclic amines) is 1. The molecule has 3 atom stereocenters. The summed E-state index contributed by atoms with van der Waals surface area (Å²) in [5.41, 5.74) is 1.52. The van der Waals surface area contributed by atoms with Crippen molar-refractivity contribution in [1.29, 1.82) is 0 Å². The first-order valence-corrected chi connectivity index (χ1v) is 17.4. The lowest BCUT2D eigenvalue weighted by atomic mass is 10.0. The van der Waals surface area contributed by atoms with Crippen LogP contribution in [-0.2, 0) is 22.7 Å². The maximum Gasteiger partial charge on any atom is 0.390 e. The van der Waals surface area contributed by atoms with Gasteiger partial charge < -0.3 is 10.2 Å². The monoisotopic (exact) mass is 809 g/mol. The Hall–Kier alpha value is -4.52. The Labute approximate surface area is 307 Å². The topological polar surface area (TPSA) is 139 Å². The second-order valence-corrected chi connectivity index (χ2v) is 14.5. The quantitative estimate of drug-likeness (QED) is 0.0996. The number of halogens is 7. The molecule has 1 N–H and O–H groups in total.